The maximum absolute atomic E-state index is 12.6. The molecule has 0 unspecified atom stereocenters. The highest BCUT2D eigenvalue weighted by molar-refractivity contribution is 6.06. The smallest absolute Gasteiger partial charge is 0.259 e. The van der Waals surface area contributed by atoms with Gasteiger partial charge in [-0.1, -0.05) is 30.3 Å². The summed E-state index contributed by atoms with van der Waals surface area (Å²) in [5, 5.41) is 2.82. The minimum Gasteiger partial charge on any atom is -0.485 e. The van der Waals surface area contributed by atoms with Crippen molar-refractivity contribution in [3.63, 3.8) is 0 Å². The Morgan fingerprint density at radius 1 is 0.903 bits per heavy atom. The van der Waals surface area contributed by atoms with Crippen LogP contribution in [0.1, 0.15) is 33.6 Å². The van der Waals surface area contributed by atoms with Crippen LogP contribution in [-0.2, 0) is 4.79 Å². The quantitative estimate of drug-likeness (QED) is 0.584. The number of amides is 2. The van der Waals surface area contributed by atoms with E-state index in [1.807, 2.05) is 18.2 Å². The summed E-state index contributed by atoms with van der Waals surface area (Å²) in [5.41, 5.74) is 2.31. The van der Waals surface area contributed by atoms with E-state index in [0.29, 0.717) is 35.5 Å². The topological polar surface area (TPSA) is 75.7 Å². The third kappa shape index (κ3) is 4.80. The van der Waals surface area contributed by atoms with Crippen LogP contribution in [0.5, 0.6) is 5.75 Å². The predicted molar refractivity (Wildman–Crippen MR) is 119 cm³/mol. The number of anilines is 2. The summed E-state index contributed by atoms with van der Waals surface area (Å²) >= 11 is 0. The molecule has 6 nitrogen and oxygen atoms in total. The van der Waals surface area contributed by atoms with E-state index >= 15 is 0 Å². The van der Waals surface area contributed by atoms with Gasteiger partial charge in [-0.2, -0.15) is 0 Å². The highest BCUT2D eigenvalue weighted by Crippen LogP contribution is 2.23. The molecule has 0 radical (unpaired) electrons. The maximum atomic E-state index is 12.6. The molecule has 1 aliphatic heterocycles. The van der Waals surface area contributed by atoms with Crippen LogP contribution in [0.15, 0.2) is 78.9 Å². The molecular formula is C25H22N2O4. The summed E-state index contributed by atoms with van der Waals surface area (Å²) in [7, 11) is 0. The van der Waals surface area contributed by atoms with Gasteiger partial charge in [-0.05, 0) is 55.0 Å². The van der Waals surface area contributed by atoms with Crippen molar-refractivity contribution in [2.24, 2.45) is 0 Å². The molecule has 3 aromatic carbocycles. The fourth-order valence-electron chi connectivity index (χ4n) is 3.48. The molecule has 1 N–H and O–H groups in total. The lowest BCUT2D eigenvalue weighted by atomic mass is 10.1. The van der Waals surface area contributed by atoms with Gasteiger partial charge in [0.05, 0.1) is 5.56 Å². The van der Waals surface area contributed by atoms with E-state index in [-0.39, 0.29) is 24.2 Å². The lowest BCUT2D eigenvalue weighted by Gasteiger charge is -2.16. The number of ketones is 1. The molecule has 0 spiro atoms. The molecular weight excluding hydrogens is 392 g/mol. The van der Waals surface area contributed by atoms with E-state index < -0.39 is 0 Å². The number of Topliss-reactive ketones (excluding diaryl/α,β-unsaturated/α-hetero) is 1. The van der Waals surface area contributed by atoms with Crippen LogP contribution >= 0.6 is 0 Å². The van der Waals surface area contributed by atoms with E-state index in [1.165, 1.54) is 0 Å². The number of benzene rings is 3. The van der Waals surface area contributed by atoms with Crippen LogP contribution in [-0.4, -0.2) is 30.7 Å². The number of hydrogen-bond acceptors (Lipinski definition) is 4. The van der Waals surface area contributed by atoms with Crippen LogP contribution in [0.3, 0.4) is 0 Å². The predicted octanol–water partition coefficient (Wildman–Crippen LogP) is 4.33. The fourth-order valence-corrected chi connectivity index (χ4v) is 3.48. The van der Waals surface area contributed by atoms with Crippen molar-refractivity contribution >= 4 is 29.0 Å². The first-order valence-corrected chi connectivity index (χ1v) is 10.1. The van der Waals surface area contributed by atoms with Crippen LogP contribution in [0.4, 0.5) is 11.4 Å². The van der Waals surface area contributed by atoms with Gasteiger partial charge in [-0.15, -0.1) is 0 Å². The van der Waals surface area contributed by atoms with Crippen molar-refractivity contribution < 1.29 is 19.1 Å². The molecule has 1 aliphatic rings. The first-order valence-electron chi connectivity index (χ1n) is 10.1. The molecule has 1 heterocycles. The summed E-state index contributed by atoms with van der Waals surface area (Å²) in [5.74, 6) is -0.0807. The number of rotatable bonds is 7. The Balaban J connectivity index is 1.40. The number of ether oxygens (including phenoxy) is 1. The lowest BCUT2D eigenvalue weighted by molar-refractivity contribution is -0.117. The van der Waals surface area contributed by atoms with Crippen LogP contribution in [0.25, 0.3) is 0 Å². The summed E-state index contributed by atoms with van der Waals surface area (Å²) in [6.45, 7) is 0.509. The standard InChI is InChI=1S/C25H22N2O4/c28-22(18-12-14-20(15-13-18)27-16-6-11-24(27)29)17-31-23-10-5-4-9-21(23)25(30)26-19-7-2-1-3-8-19/h1-5,7-10,12-15H,6,11,16-17H2,(H,26,30). The Morgan fingerprint density at radius 3 is 2.32 bits per heavy atom. The second kappa shape index (κ2) is 9.26. The number of hydrogen-bond donors (Lipinski definition) is 1. The van der Waals surface area contributed by atoms with Gasteiger partial charge in [0.1, 0.15) is 5.75 Å². The van der Waals surface area contributed by atoms with Crippen molar-refractivity contribution in [3.8, 4) is 5.75 Å². The molecule has 0 aliphatic carbocycles. The molecule has 31 heavy (non-hydrogen) atoms. The summed E-state index contributed by atoms with van der Waals surface area (Å²) in [4.78, 5) is 38.8. The molecule has 0 bridgehead atoms. The Morgan fingerprint density at radius 2 is 1.61 bits per heavy atom. The molecule has 0 atom stereocenters. The maximum Gasteiger partial charge on any atom is 0.259 e. The van der Waals surface area contributed by atoms with Crippen LogP contribution in [0, 0.1) is 0 Å². The SMILES string of the molecule is O=C(COc1ccccc1C(=O)Nc1ccccc1)c1ccc(N2CCCC2=O)cc1. The van der Waals surface area contributed by atoms with Crippen molar-refractivity contribution in [1.82, 2.24) is 0 Å². The summed E-state index contributed by atoms with van der Waals surface area (Å²) in [6, 6.07) is 22.9. The van der Waals surface area contributed by atoms with E-state index in [0.717, 1.165) is 12.1 Å². The first-order chi connectivity index (χ1) is 15.1. The average Bonchev–Trinajstić information content (AvgIpc) is 3.24. The van der Waals surface area contributed by atoms with Gasteiger partial charge < -0.3 is 15.0 Å². The number of nitrogens with zero attached hydrogens (tertiary/aromatic N) is 1. The molecule has 4 rings (SSSR count). The van der Waals surface area contributed by atoms with Crippen molar-refractivity contribution in [2.45, 2.75) is 12.8 Å². The third-order valence-electron chi connectivity index (χ3n) is 5.10. The van der Waals surface area contributed by atoms with Gasteiger partial charge in [0.25, 0.3) is 5.91 Å². The largest absolute Gasteiger partial charge is 0.485 e. The van der Waals surface area contributed by atoms with E-state index in [1.54, 1.807) is 65.6 Å². The van der Waals surface area contributed by atoms with Crippen molar-refractivity contribution in [2.75, 3.05) is 23.4 Å². The molecule has 1 fully saturated rings. The number of carbonyl (C=O) groups excluding carboxylic acids is 3. The first kappa shape index (κ1) is 20.3. The molecule has 0 saturated carbocycles. The highest BCUT2D eigenvalue weighted by Gasteiger charge is 2.22. The zero-order valence-electron chi connectivity index (χ0n) is 16.9. The molecule has 1 saturated heterocycles. The van der Waals surface area contributed by atoms with Gasteiger partial charge in [0.2, 0.25) is 5.91 Å². The van der Waals surface area contributed by atoms with Gasteiger partial charge >= 0.3 is 0 Å². The fraction of sp³-hybridized carbons (Fsp3) is 0.160. The summed E-state index contributed by atoms with van der Waals surface area (Å²) < 4.78 is 5.68. The number of para-hydroxylation sites is 2. The van der Waals surface area contributed by atoms with Gasteiger partial charge in [0, 0.05) is 29.9 Å². The molecule has 6 heteroatoms. The highest BCUT2D eigenvalue weighted by atomic mass is 16.5. The minimum atomic E-state index is -0.311. The van der Waals surface area contributed by atoms with Crippen molar-refractivity contribution in [1.29, 1.82) is 0 Å². The molecule has 0 aromatic heterocycles. The Labute approximate surface area is 180 Å². The van der Waals surface area contributed by atoms with E-state index in [4.69, 9.17) is 4.74 Å². The third-order valence-corrected chi connectivity index (χ3v) is 5.10. The van der Waals surface area contributed by atoms with Gasteiger partial charge in [-0.25, -0.2) is 0 Å². The average molecular weight is 414 g/mol. The Kier molecular flexibility index (Phi) is 6.08. The molecule has 2 amide bonds. The summed E-state index contributed by atoms with van der Waals surface area (Å²) in [6.07, 6.45) is 1.41. The minimum absolute atomic E-state index is 0.104. The molecule has 3 aromatic rings. The normalized spacial score (nSPS) is 13.2. The Bertz CT molecular complexity index is 1090. The zero-order chi connectivity index (χ0) is 21.6. The van der Waals surface area contributed by atoms with Crippen LogP contribution in [0.2, 0.25) is 0 Å². The van der Waals surface area contributed by atoms with Crippen molar-refractivity contribution in [3.05, 3.63) is 90.0 Å². The number of nitrogens with one attached hydrogen (secondary N) is 1. The second-order valence-electron chi connectivity index (χ2n) is 7.22. The molecule has 156 valence electrons. The lowest BCUT2D eigenvalue weighted by Crippen LogP contribution is -2.23. The van der Waals surface area contributed by atoms with E-state index in [2.05, 4.69) is 5.32 Å². The second-order valence-corrected chi connectivity index (χ2v) is 7.22. The Hall–Kier alpha value is -3.93. The van der Waals surface area contributed by atoms with Crippen LogP contribution < -0.4 is 15.0 Å². The zero-order valence-corrected chi connectivity index (χ0v) is 16.9. The van der Waals surface area contributed by atoms with E-state index in [9.17, 15) is 14.4 Å². The number of carbonyl (C=O) groups is 3. The van der Waals surface area contributed by atoms with Gasteiger partial charge in [-0.3, -0.25) is 14.4 Å². The monoisotopic (exact) mass is 414 g/mol. The van der Waals surface area contributed by atoms with Gasteiger partial charge in [0.15, 0.2) is 12.4 Å².